The molecule has 1 fully saturated rings. The van der Waals surface area contributed by atoms with Crippen LogP contribution in [0.15, 0.2) is 22.7 Å². The first-order valence-corrected chi connectivity index (χ1v) is 8.43. The van der Waals surface area contributed by atoms with E-state index in [4.69, 9.17) is 0 Å². The summed E-state index contributed by atoms with van der Waals surface area (Å²) in [6, 6.07) is 4.51. The maximum atomic E-state index is 13.4. The molecule has 0 radical (unpaired) electrons. The number of benzene rings is 1. The Labute approximate surface area is 134 Å². The predicted octanol–water partition coefficient (Wildman–Crippen LogP) is 4.35. The molecule has 1 aliphatic rings. The molecule has 0 saturated carbocycles. The molecule has 1 saturated heterocycles. The lowest BCUT2D eigenvalue weighted by Gasteiger charge is -2.36. The molecular formula is C17H23BrFNO. The van der Waals surface area contributed by atoms with Gasteiger partial charge in [-0.25, -0.2) is 4.39 Å². The fraction of sp³-hybridized carbons (Fsp3) is 0.588. The van der Waals surface area contributed by atoms with Crippen LogP contribution in [-0.2, 0) is 11.2 Å². The third-order valence-electron chi connectivity index (χ3n) is 4.44. The number of carbonyl (C=O) groups is 1. The van der Waals surface area contributed by atoms with Crippen LogP contribution in [0, 0.1) is 5.82 Å². The second-order valence-corrected chi connectivity index (χ2v) is 7.15. The van der Waals surface area contributed by atoms with Crippen molar-refractivity contribution < 1.29 is 9.18 Å². The Morgan fingerprint density at radius 3 is 2.48 bits per heavy atom. The summed E-state index contributed by atoms with van der Waals surface area (Å²) in [7, 11) is 0. The van der Waals surface area contributed by atoms with Crippen molar-refractivity contribution in [2.45, 2.75) is 51.5 Å². The van der Waals surface area contributed by atoms with Crippen molar-refractivity contribution in [3.63, 3.8) is 0 Å². The third kappa shape index (κ3) is 4.13. The predicted molar refractivity (Wildman–Crippen MR) is 86.9 cm³/mol. The summed E-state index contributed by atoms with van der Waals surface area (Å²) in [5, 5.41) is 0. The van der Waals surface area contributed by atoms with E-state index in [1.165, 1.54) is 25.0 Å². The zero-order chi connectivity index (χ0) is 15.5. The fourth-order valence-corrected chi connectivity index (χ4v) is 3.26. The summed E-state index contributed by atoms with van der Waals surface area (Å²) in [6.45, 7) is 5.94. The van der Waals surface area contributed by atoms with Gasteiger partial charge in [-0.2, -0.15) is 0 Å². The Bertz CT molecular complexity index is 508. The van der Waals surface area contributed by atoms with E-state index >= 15 is 0 Å². The lowest BCUT2D eigenvalue weighted by molar-refractivity contribution is -0.128. The number of hydrogen-bond donors (Lipinski definition) is 0. The second kappa shape index (κ2) is 7.01. The van der Waals surface area contributed by atoms with Gasteiger partial charge in [-0.05, 0) is 63.5 Å². The molecule has 0 amide bonds. The van der Waals surface area contributed by atoms with Gasteiger partial charge in [0.15, 0.2) is 5.78 Å². The van der Waals surface area contributed by atoms with Crippen molar-refractivity contribution in [2.75, 3.05) is 13.1 Å². The van der Waals surface area contributed by atoms with E-state index in [0.717, 1.165) is 36.0 Å². The van der Waals surface area contributed by atoms with Gasteiger partial charge in [0.05, 0.1) is 5.54 Å². The number of rotatable bonds is 4. The van der Waals surface area contributed by atoms with E-state index < -0.39 is 5.54 Å². The van der Waals surface area contributed by atoms with E-state index in [0.29, 0.717) is 0 Å². The van der Waals surface area contributed by atoms with Crippen LogP contribution in [-0.4, -0.2) is 29.3 Å². The van der Waals surface area contributed by atoms with Gasteiger partial charge in [0.25, 0.3) is 0 Å². The molecule has 1 heterocycles. The summed E-state index contributed by atoms with van der Waals surface area (Å²) in [4.78, 5) is 15.0. The Kier molecular flexibility index (Phi) is 5.55. The van der Waals surface area contributed by atoms with Crippen molar-refractivity contribution in [1.82, 2.24) is 4.90 Å². The fourth-order valence-electron chi connectivity index (χ4n) is 2.87. The maximum Gasteiger partial charge on any atom is 0.156 e. The molecule has 0 unspecified atom stereocenters. The van der Waals surface area contributed by atoms with Gasteiger partial charge in [0, 0.05) is 10.9 Å². The molecule has 1 aromatic rings. The number of likely N-dealkylation sites (tertiary alicyclic amines) is 1. The zero-order valence-corrected chi connectivity index (χ0v) is 14.4. The molecule has 116 valence electrons. The van der Waals surface area contributed by atoms with Gasteiger partial charge < -0.3 is 0 Å². The molecule has 21 heavy (non-hydrogen) atoms. The first-order valence-electron chi connectivity index (χ1n) is 7.63. The molecule has 0 bridgehead atoms. The van der Waals surface area contributed by atoms with Crippen LogP contribution in [0.3, 0.4) is 0 Å². The maximum absolute atomic E-state index is 13.4. The average Bonchev–Trinajstić information content (AvgIpc) is 2.72. The van der Waals surface area contributed by atoms with Crippen LogP contribution in [0.1, 0.15) is 45.1 Å². The molecule has 1 aliphatic heterocycles. The molecule has 2 rings (SSSR count). The SMILES string of the molecule is CC(C)(C(=O)Cc1cc(F)ccc1Br)N1CCCCCC1. The highest BCUT2D eigenvalue weighted by Gasteiger charge is 2.34. The smallest absolute Gasteiger partial charge is 0.156 e. The standard InChI is InChI=1S/C17H23BrFNO/c1-17(2,20-9-5-3-4-6-10-20)16(21)12-13-11-14(19)7-8-15(13)18/h7-8,11H,3-6,9-10,12H2,1-2H3. The van der Waals surface area contributed by atoms with Crippen LogP contribution >= 0.6 is 15.9 Å². The molecule has 0 aromatic heterocycles. The van der Waals surface area contributed by atoms with Crippen molar-refractivity contribution in [2.24, 2.45) is 0 Å². The summed E-state index contributed by atoms with van der Waals surface area (Å²) in [6.07, 6.45) is 5.06. The van der Waals surface area contributed by atoms with Crippen LogP contribution in [0.2, 0.25) is 0 Å². The van der Waals surface area contributed by atoms with Gasteiger partial charge in [0.1, 0.15) is 5.82 Å². The molecule has 0 spiro atoms. The third-order valence-corrected chi connectivity index (χ3v) is 5.21. The quantitative estimate of drug-likeness (QED) is 0.799. The van der Waals surface area contributed by atoms with E-state index in [1.807, 2.05) is 13.8 Å². The zero-order valence-electron chi connectivity index (χ0n) is 12.8. The Morgan fingerprint density at radius 2 is 1.86 bits per heavy atom. The van der Waals surface area contributed by atoms with Crippen LogP contribution in [0.5, 0.6) is 0 Å². The van der Waals surface area contributed by atoms with Gasteiger partial charge in [-0.15, -0.1) is 0 Å². The van der Waals surface area contributed by atoms with Gasteiger partial charge >= 0.3 is 0 Å². The van der Waals surface area contributed by atoms with E-state index in [2.05, 4.69) is 20.8 Å². The lowest BCUT2D eigenvalue weighted by Crippen LogP contribution is -2.51. The minimum atomic E-state index is -0.490. The first-order chi connectivity index (χ1) is 9.91. The van der Waals surface area contributed by atoms with Crippen molar-refractivity contribution >= 4 is 21.7 Å². The minimum absolute atomic E-state index is 0.149. The second-order valence-electron chi connectivity index (χ2n) is 6.30. The van der Waals surface area contributed by atoms with Gasteiger partial charge in [0.2, 0.25) is 0 Å². The lowest BCUT2D eigenvalue weighted by atomic mass is 9.91. The van der Waals surface area contributed by atoms with Crippen LogP contribution < -0.4 is 0 Å². The molecule has 0 N–H and O–H groups in total. The molecule has 0 atom stereocenters. The molecule has 4 heteroatoms. The highest BCUT2D eigenvalue weighted by atomic mass is 79.9. The number of Topliss-reactive ketones (excluding diaryl/α,β-unsaturated/α-hetero) is 1. The normalized spacial score (nSPS) is 17.5. The van der Waals surface area contributed by atoms with Crippen LogP contribution in [0.4, 0.5) is 4.39 Å². The van der Waals surface area contributed by atoms with Crippen molar-refractivity contribution in [3.05, 3.63) is 34.1 Å². The summed E-state index contributed by atoms with van der Waals surface area (Å²) < 4.78 is 14.2. The molecule has 2 nitrogen and oxygen atoms in total. The Balaban J connectivity index is 2.11. The number of ketones is 1. The number of halogens is 2. The monoisotopic (exact) mass is 355 g/mol. The number of hydrogen-bond acceptors (Lipinski definition) is 2. The molecule has 1 aromatic carbocycles. The van der Waals surface area contributed by atoms with Crippen LogP contribution in [0.25, 0.3) is 0 Å². The number of nitrogens with zero attached hydrogens (tertiary/aromatic N) is 1. The van der Waals surface area contributed by atoms with Gasteiger partial charge in [-0.3, -0.25) is 9.69 Å². The van der Waals surface area contributed by atoms with Gasteiger partial charge in [-0.1, -0.05) is 28.8 Å². The first kappa shape index (κ1) is 16.6. The average molecular weight is 356 g/mol. The Morgan fingerprint density at radius 1 is 1.24 bits per heavy atom. The largest absolute Gasteiger partial charge is 0.297 e. The minimum Gasteiger partial charge on any atom is -0.297 e. The van der Waals surface area contributed by atoms with Crippen molar-refractivity contribution in [1.29, 1.82) is 0 Å². The molecular weight excluding hydrogens is 333 g/mol. The van der Waals surface area contributed by atoms with E-state index in [1.54, 1.807) is 6.07 Å². The topological polar surface area (TPSA) is 20.3 Å². The molecule has 0 aliphatic carbocycles. The highest BCUT2D eigenvalue weighted by Crippen LogP contribution is 2.25. The van der Waals surface area contributed by atoms with E-state index in [9.17, 15) is 9.18 Å². The summed E-state index contributed by atoms with van der Waals surface area (Å²) >= 11 is 3.40. The van der Waals surface area contributed by atoms with Crippen molar-refractivity contribution in [3.8, 4) is 0 Å². The summed E-state index contributed by atoms with van der Waals surface area (Å²) in [5.41, 5.74) is 0.235. The highest BCUT2D eigenvalue weighted by molar-refractivity contribution is 9.10. The Hall–Kier alpha value is -0.740. The van der Waals surface area contributed by atoms with E-state index in [-0.39, 0.29) is 18.0 Å². The summed E-state index contributed by atoms with van der Waals surface area (Å²) in [5.74, 6) is -0.149. The number of carbonyl (C=O) groups excluding carboxylic acids is 1.